The monoisotopic (exact) mass is 321 g/mol. The Morgan fingerprint density at radius 2 is 2.04 bits per heavy atom. The Hall–Kier alpha value is -2.08. The van der Waals surface area contributed by atoms with Crippen LogP contribution in [-0.2, 0) is 14.3 Å². The summed E-state index contributed by atoms with van der Waals surface area (Å²) in [6.07, 6.45) is 3.53. The normalized spacial score (nSPS) is 24.0. The quantitative estimate of drug-likeness (QED) is 0.841. The molecule has 1 aliphatic rings. The van der Waals surface area contributed by atoms with Crippen LogP contribution < -0.4 is 10.1 Å². The molecule has 6 nitrogen and oxygen atoms in total. The van der Waals surface area contributed by atoms with Crippen LogP contribution in [0.3, 0.4) is 0 Å². The van der Waals surface area contributed by atoms with Crippen molar-refractivity contribution in [3.8, 4) is 5.75 Å². The molecule has 0 spiro atoms. The van der Waals surface area contributed by atoms with Crippen LogP contribution in [0.2, 0.25) is 0 Å². The highest BCUT2D eigenvalue weighted by molar-refractivity contribution is 5.97. The third kappa shape index (κ3) is 4.45. The molecule has 0 heterocycles. The number of carboxylic acids is 1. The molecular formula is C17H23NO5. The molecule has 1 aromatic rings. The van der Waals surface area contributed by atoms with E-state index in [1.807, 2.05) is 0 Å². The molecule has 1 aliphatic carbocycles. The molecule has 1 fully saturated rings. The summed E-state index contributed by atoms with van der Waals surface area (Å²) >= 11 is 0. The lowest BCUT2D eigenvalue weighted by atomic mass is 9.78. The van der Waals surface area contributed by atoms with Crippen LogP contribution in [0.15, 0.2) is 24.3 Å². The predicted octanol–water partition coefficient (Wildman–Crippen LogP) is 2.68. The molecule has 1 aromatic carbocycles. The molecule has 0 unspecified atom stereocenters. The second-order valence-electron chi connectivity index (χ2n) is 6.06. The summed E-state index contributed by atoms with van der Waals surface area (Å²) in [7, 11) is 1.58. The fourth-order valence-corrected chi connectivity index (χ4v) is 3.01. The number of hydrogen-bond acceptors (Lipinski definition) is 4. The predicted molar refractivity (Wildman–Crippen MR) is 85.6 cm³/mol. The fraction of sp³-hybridized carbons (Fsp3) is 0.529. The molecule has 126 valence electrons. The number of carbonyl (C=O) groups excluding carboxylic acids is 1. The molecule has 2 N–H and O–H groups in total. The minimum absolute atomic E-state index is 0.134. The second-order valence-corrected chi connectivity index (χ2v) is 6.06. The fourth-order valence-electron chi connectivity index (χ4n) is 3.01. The summed E-state index contributed by atoms with van der Waals surface area (Å²) in [5, 5.41) is 11.5. The molecule has 0 aromatic heterocycles. The lowest BCUT2D eigenvalue weighted by Gasteiger charge is -2.37. The number of nitrogens with one attached hydrogen (secondary N) is 1. The number of carbonyl (C=O) groups is 2. The molecule has 0 aliphatic heterocycles. The van der Waals surface area contributed by atoms with E-state index in [0.29, 0.717) is 17.4 Å². The van der Waals surface area contributed by atoms with Gasteiger partial charge in [-0.25, -0.2) is 4.79 Å². The Morgan fingerprint density at radius 3 is 2.61 bits per heavy atom. The van der Waals surface area contributed by atoms with Crippen LogP contribution in [0.25, 0.3) is 0 Å². The highest BCUT2D eigenvalue weighted by Gasteiger charge is 2.41. The summed E-state index contributed by atoms with van der Waals surface area (Å²) in [4.78, 5) is 23.1. The Bertz CT molecular complexity index is 557. The smallest absolute Gasteiger partial charge is 0.341 e. The molecule has 0 saturated heterocycles. The van der Waals surface area contributed by atoms with E-state index in [4.69, 9.17) is 14.6 Å². The molecule has 2 rings (SSSR count). The van der Waals surface area contributed by atoms with Crippen LogP contribution in [0.4, 0.5) is 5.69 Å². The summed E-state index contributed by atoms with van der Waals surface area (Å²) in [6, 6.07) is 6.62. The maximum absolute atomic E-state index is 12.6. The topological polar surface area (TPSA) is 84.9 Å². The lowest BCUT2D eigenvalue weighted by Crippen LogP contribution is -2.47. The molecule has 1 saturated carbocycles. The summed E-state index contributed by atoms with van der Waals surface area (Å²) in [5.41, 5.74) is -0.136. The van der Waals surface area contributed by atoms with E-state index in [1.54, 1.807) is 31.4 Å². The highest BCUT2D eigenvalue weighted by atomic mass is 16.5. The number of anilines is 1. The molecule has 1 amide bonds. The highest BCUT2D eigenvalue weighted by Crippen LogP contribution is 2.35. The largest absolute Gasteiger partial charge is 0.482 e. The van der Waals surface area contributed by atoms with Gasteiger partial charge in [0.2, 0.25) is 0 Å². The summed E-state index contributed by atoms with van der Waals surface area (Å²) < 4.78 is 10.6. The standard InChI is InChI=1S/C17H23NO5/c1-12-4-3-9-17(10-12,22-2)16(21)18-13-5-7-14(8-6-13)23-11-15(19)20/h5-8,12H,3-4,9-11H2,1-2H3,(H,18,21)(H,19,20)/t12-,17+/m0/s1. The van der Waals surface area contributed by atoms with Crippen LogP contribution in [0.5, 0.6) is 5.75 Å². The molecular weight excluding hydrogens is 298 g/mol. The van der Waals surface area contributed by atoms with E-state index >= 15 is 0 Å². The number of hydrogen-bond donors (Lipinski definition) is 2. The van der Waals surface area contributed by atoms with Crippen molar-refractivity contribution in [3.63, 3.8) is 0 Å². The number of methoxy groups -OCH3 is 1. The first-order chi connectivity index (χ1) is 10.9. The van der Waals surface area contributed by atoms with Gasteiger partial charge >= 0.3 is 5.97 Å². The molecule has 0 bridgehead atoms. The van der Waals surface area contributed by atoms with Gasteiger partial charge in [0.1, 0.15) is 11.4 Å². The van der Waals surface area contributed by atoms with Crippen molar-refractivity contribution < 1.29 is 24.2 Å². The van der Waals surface area contributed by atoms with E-state index in [9.17, 15) is 9.59 Å². The van der Waals surface area contributed by atoms with Crippen LogP contribution in [0.1, 0.15) is 32.6 Å². The van der Waals surface area contributed by atoms with Crippen LogP contribution in [-0.4, -0.2) is 36.3 Å². The zero-order valence-electron chi connectivity index (χ0n) is 13.5. The average Bonchev–Trinajstić information content (AvgIpc) is 2.54. The van der Waals surface area contributed by atoms with Crippen LogP contribution >= 0.6 is 0 Å². The van der Waals surface area contributed by atoms with Gasteiger partial charge in [0, 0.05) is 12.8 Å². The van der Waals surface area contributed by atoms with Gasteiger partial charge in [-0.3, -0.25) is 4.79 Å². The third-order valence-electron chi connectivity index (χ3n) is 4.23. The van der Waals surface area contributed by atoms with Gasteiger partial charge in [-0.15, -0.1) is 0 Å². The third-order valence-corrected chi connectivity index (χ3v) is 4.23. The van der Waals surface area contributed by atoms with Crippen LogP contribution in [0, 0.1) is 5.92 Å². The first-order valence-electron chi connectivity index (χ1n) is 7.76. The van der Waals surface area contributed by atoms with Gasteiger partial charge < -0.3 is 19.9 Å². The number of ether oxygens (including phenoxy) is 2. The van der Waals surface area contributed by atoms with Crippen molar-refractivity contribution in [1.29, 1.82) is 0 Å². The molecule has 0 radical (unpaired) electrons. The van der Waals surface area contributed by atoms with Gasteiger partial charge in [0.25, 0.3) is 5.91 Å². The molecule has 6 heteroatoms. The molecule has 2 atom stereocenters. The number of aliphatic carboxylic acids is 1. The first-order valence-corrected chi connectivity index (χ1v) is 7.76. The van der Waals surface area contributed by atoms with Gasteiger partial charge in [-0.2, -0.15) is 0 Å². The maximum Gasteiger partial charge on any atom is 0.341 e. The number of benzene rings is 1. The van der Waals surface area contributed by atoms with E-state index in [0.717, 1.165) is 25.7 Å². The maximum atomic E-state index is 12.6. The first kappa shape index (κ1) is 17.3. The zero-order chi connectivity index (χ0) is 16.9. The van der Waals surface area contributed by atoms with E-state index in [1.165, 1.54) is 0 Å². The van der Waals surface area contributed by atoms with E-state index in [2.05, 4.69) is 12.2 Å². The van der Waals surface area contributed by atoms with Gasteiger partial charge in [0.05, 0.1) is 0 Å². The van der Waals surface area contributed by atoms with E-state index < -0.39 is 18.2 Å². The van der Waals surface area contributed by atoms with Crippen molar-refractivity contribution in [2.75, 3.05) is 19.0 Å². The zero-order valence-corrected chi connectivity index (χ0v) is 13.5. The van der Waals surface area contributed by atoms with Crippen molar-refractivity contribution in [1.82, 2.24) is 0 Å². The average molecular weight is 321 g/mol. The van der Waals surface area contributed by atoms with Crippen molar-refractivity contribution in [3.05, 3.63) is 24.3 Å². The summed E-state index contributed by atoms with van der Waals surface area (Å²) in [6.45, 7) is 1.74. The Balaban J connectivity index is 2.00. The second kappa shape index (κ2) is 7.46. The Morgan fingerprint density at radius 1 is 1.35 bits per heavy atom. The van der Waals surface area contributed by atoms with Gasteiger partial charge in [-0.05, 0) is 49.4 Å². The van der Waals surface area contributed by atoms with Gasteiger partial charge in [-0.1, -0.05) is 13.3 Å². The Labute approximate surface area is 135 Å². The number of amides is 1. The lowest BCUT2D eigenvalue weighted by molar-refractivity contribution is -0.143. The number of carboxylic acid groups (broad SMARTS) is 1. The molecule has 23 heavy (non-hydrogen) atoms. The van der Waals surface area contributed by atoms with Gasteiger partial charge in [0.15, 0.2) is 6.61 Å². The SMILES string of the molecule is CO[C@]1(C(=O)Nc2ccc(OCC(=O)O)cc2)CCC[C@H](C)C1. The van der Waals surface area contributed by atoms with Crippen molar-refractivity contribution in [2.24, 2.45) is 5.92 Å². The van der Waals surface area contributed by atoms with Crippen molar-refractivity contribution in [2.45, 2.75) is 38.2 Å². The summed E-state index contributed by atoms with van der Waals surface area (Å²) in [5.74, 6) is -0.263. The number of rotatable bonds is 6. The Kier molecular flexibility index (Phi) is 5.60. The minimum Gasteiger partial charge on any atom is -0.482 e. The van der Waals surface area contributed by atoms with E-state index in [-0.39, 0.29) is 5.91 Å². The van der Waals surface area contributed by atoms with Crippen molar-refractivity contribution >= 4 is 17.6 Å². The minimum atomic E-state index is -1.03.